The van der Waals surface area contributed by atoms with Crippen molar-refractivity contribution in [1.29, 1.82) is 0 Å². The summed E-state index contributed by atoms with van der Waals surface area (Å²) in [4.78, 5) is 30.5. The van der Waals surface area contributed by atoms with E-state index in [9.17, 15) is 9.59 Å². The van der Waals surface area contributed by atoms with Crippen LogP contribution in [0.25, 0.3) is 10.9 Å². The van der Waals surface area contributed by atoms with E-state index in [0.29, 0.717) is 35.1 Å². The summed E-state index contributed by atoms with van der Waals surface area (Å²) in [5, 5.41) is 4.31. The van der Waals surface area contributed by atoms with Crippen LogP contribution in [0.15, 0.2) is 58.5 Å². The topological polar surface area (TPSA) is 73.2 Å². The minimum absolute atomic E-state index is 0.0486. The molecule has 1 N–H and O–H groups in total. The molecule has 1 amide bonds. The van der Waals surface area contributed by atoms with Gasteiger partial charge in [0.1, 0.15) is 5.75 Å². The van der Waals surface area contributed by atoms with Crippen LogP contribution in [0.2, 0.25) is 0 Å². The van der Waals surface area contributed by atoms with Crippen molar-refractivity contribution in [3.63, 3.8) is 0 Å². The Kier molecular flexibility index (Phi) is 6.61. The first kappa shape index (κ1) is 21.4. The van der Waals surface area contributed by atoms with Gasteiger partial charge in [0.15, 0.2) is 5.16 Å². The summed E-state index contributed by atoms with van der Waals surface area (Å²) in [5.41, 5.74) is 1.62. The van der Waals surface area contributed by atoms with Gasteiger partial charge in [0.25, 0.3) is 5.56 Å². The van der Waals surface area contributed by atoms with E-state index in [2.05, 4.69) is 19.2 Å². The number of rotatable bonds is 7. The number of ether oxygens (including phenoxy) is 1. The molecule has 31 heavy (non-hydrogen) atoms. The molecule has 6 nitrogen and oxygen atoms in total. The van der Waals surface area contributed by atoms with E-state index in [-0.39, 0.29) is 23.3 Å². The normalized spacial score (nSPS) is 15.5. The van der Waals surface area contributed by atoms with Crippen molar-refractivity contribution in [2.45, 2.75) is 44.4 Å². The smallest absolute Gasteiger partial charge is 0.262 e. The van der Waals surface area contributed by atoms with Crippen molar-refractivity contribution in [3.05, 3.63) is 64.4 Å². The summed E-state index contributed by atoms with van der Waals surface area (Å²) in [5.74, 6) is 1.41. The monoisotopic (exact) mass is 437 g/mol. The van der Waals surface area contributed by atoms with E-state index >= 15 is 0 Å². The first-order chi connectivity index (χ1) is 15.0. The van der Waals surface area contributed by atoms with Gasteiger partial charge in [0, 0.05) is 18.5 Å². The van der Waals surface area contributed by atoms with E-state index in [1.807, 2.05) is 42.5 Å². The van der Waals surface area contributed by atoms with Gasteiger partial charge < -0.3 is 10.1 Å². The average Bonchev–Trinajstić information content (AvgIpc) is 2.77. The molecule has 1 aliphatic heterocycles. The molecule has 2 heterocycles. The Morgan fingerprint density at radius 1 is 1.23 bits per heavy atom. The summed E-state index contributed by atoms with van der Waals surface area (Å²) >= 11 is 1.31. The molecular formula is C24H27N3O3S. The highest BCUT2D eigenvalue weighted by molar-refractivity contribution is 7.99. The van der Waals surface area contributed by atoms with Crippen LogP contribution in [0.4, 0.5) is 0 Å². The van der Waals surface area contributed by atoms with Crippen LogP contribution in [-0.2, 0) is 11.3 Å². The molecule has 0 saturated carbocycles. The fourth-order valence-electron chi connectivity index (χ4n) is 3.70. The largest absolute Gasteiger partial charge is 0.493 e. The number of amides is 1. The lowest BCUT2D eigenvalue weighted by atomic mass is 10.0. The molecule has 0 fully saturated rings. The second kappa shape index (κ2) is 9.56. The highest BCUT2D eigenvalue weighted by atomic mass is 32.2. The predicted molar refractivity (Wildman–Crippen MR) is 124 cm³/mol. The Labute approximate surface area is 186 Å². The molecule has 3 aromatic rings. The van der Waals surface area contributed by atoms with Crippen LogP contribution < -0.4 is 15.6 Å². The Morgan fingerprint density at radius 3 is 2.84 bits per heavy atom. The standard InChI is InChI=1S/C24H27N3O3S/c1-16(2)11-13-27-23(29)18-8-3-5-9-19(18)26-24(27)31-15-22(28)25-20-12-14-30-21-10-6-4-7-17(20)21/h3-10,16,20H,11-15H2,1-2H3,(H,25,28). The SMILES string of the molecule is CC(C)CCn1c(SCC(=O)NC2CCOc3ccccc32)nc2ccccc2c1=O. The number of hydrogen-bond donors (Lipinski definition) is 1. The molecule has 162 valence electrons. The molecule has 7 heteroatoms. The molecule has 0 bridgehead atoms. The summed E-state index contributed by atoms with van der Waals surface area (Å²) in [7, 11) is 0. The molecule has 4 rings (SSSR count). The quantitative estimate of drug-likeness (QED) is 0.444. The number of carbonyl (C=O) groups is 1. The van der Waals surface area contributed by atoms with Gasteiger partial charge in [-0.25, -0.2) is 4.98 Å². The van der Waals surface area contributed by atoms with Crippen molar-refractivity contribution in [2.24, 2.45) is 5.92 Å². The van der Waals surface area contributed by atoms with Gasteiger partial charge in [-0.3, -0.25) is 14.2 Å². The van der Waals surface area contributed by atoms with E-state index in [4.69, 9.17) is 9.72 Å². The van der Waals surface area contributed by atoms with Gasteiger partial charge in [0.05, 0.1) is 29.3 Å². The Balaban J connectivity index is 1.51. The van der Waals surface area contributed by atoms with Crippen molar-refractivity contribution in [1.82, 2.24) is 14.9 Å². The summed E-state index contributed by atoms with van der Waals surface area (Å²) in [6.07, 6.45) is 1.61. The number of fused-ring (bicyclic) bond motifs is 2. The fourth-order valence-corrected chi connectivity index (χ4v) is 4.54. The number of hydrogen-bond acceptors (Lipinski definition) is 5. The number of nitrogens with zero attached hydrogens (tertiary/aromatic N) is 2. The Morgan fingerprint density at radius 2 is 2.00 bits per heavy atom. The van der Waals surface area contributed by atoms with Gasteiger partial charge in [-0.2, -0.15) is 0 Å². The van der Waals surface area contributed by atoms with Crippen LogP contribution in [0, 0.1) is 5.92 Å². The van der Waals surface area contributed by atoms with Gasteiger partial charge in [-0.05, 0) is 30.5 Å². The second-order valence-corrected chi connectivity index (χ2v) is 9.08. The van der Waals surface area contributed by atoms with Crippen LogP contribution in [-0.4, -0.2) is 27.8 Å². The molecule has 0 aliphatic carbocycles. The van der Waals surface area contributed by atoms with Crippen LogP contribution in [0.5, 0.6) is 5.75 Å². The molecule has 0 radical (unpaired) electrons. The van der Waals surface area contributed by atoms with Crippen molar-refractivity contribution in [3.8, 4) is 5.75 Å². The van der Waals surface area contributed by atoms with Crippen LogP contribution >= 0.6 is 11.8 Å². The highest BCUT2D eigenvalue weighted by Crippen LogP contribution is 2.31. The molecule has 0 saturated heterocycles. The van der Waals surface area contributed by atoms with Gasteiger partial charge in [0.2, 0.25) is 5.91 Å². The molecule has 1 atom stereocenters. The highest BCUT2D eigenvalue weighted by Gasteiger charge is 2.23. The second-order valence-electron chi connectivity index (χ2n) is 8.13. The van der Waals surface area contributed by atoms with Gasteiger partial charge in [-0.15, -0.1) is 0 Å². The predicted octanol–water partition coefficient (Wildman–Crippen LogP) is 4.17. The molecule has 2 aromatic carbocycles. The zero-order valence-corrected chi connectivity index (χ0v) is 18.7. The first-order valence-corrected chi connectivity index (χ1v) is 11.6. The van der Waals surface area contributed by atoms with Crippen molar-refractivity contribution < 1.29 is 9.53 Å². The third-order valence-corrected chi connectivity index (χ3v) is 6.36. The molecule has 0 spiro atoms. The molecule has 1 aliphatic rings. The van der Waals surface area contributed by atoms with Gasteiger partial charge in [-0.1, -0.05) is 55.9 Å². The number of nitrogens with one attached hydrogen (secondary N) is 1. The number of aromatic nitrogens is 2. The fraction of sp³-hybridized carbons (Fsp3) is 0.375. The lowest BCUT2D eigenvalue weighted by Crippen LogP contribution is -2.33. The minimum atomic E-state index is -0.0791. The van der Waals surface area contributed by atoms with E-state index in [0.717, 1.165) is 24.2 Å². The minimum Gasteiger partial charge on any atom is -0.493 e. The lowest BCUT2D eigenvalue weighted by molar-refractivity contribution is -0.119. The van der Waals surface area contributed by atoms with E-state index in [1.54, 1.807) is 10.6 Å². The molecule has 1 aromatic heterocycles. The average molecular weight is 438 g/mol. The van der Waals surface area contributed by atoms with Crippen molar-refractivity contribution in [2.75, 3.05) is 12.4 Å². The zero-order chi connectivity index (χ0) is 21.8. The lowest BCUT2D eigenvalue weighted by Gasteiger charge is -2.26. The van der Waals surface area contributed by atoms with Crippen LogP contribution in [0.3, 0.4) is 0 Å². The van der Waals surface area contributed by atoms with Gasteiger partial charge >= 0.3 is 0 Å². The summed E-state index contributed by atoms with van der Waals surface area (Å²) < 4.78 is 7.39. The zero-order valence-electron chi connectivity index (χ0n) is 17.8. The Hall–Kier alpha value is -2.80. The van der Waals surface area contributed by atoms with Crippen LogP contribution in [0.1, 0.15) is 38.3 Å². The molecular weight excluding hydrogens is 410 g/mol. The molecule has 1 unspecified atom stereocenters. The van der Waals surface area contributed by atoms with E-state index in [1.165, 1.54) is 11.8 Å². The first-order valence-electron chi connectivity index (χ1n) is 10.7. The summed E-state index contributed by atoms with van der Waals surface area (Å²) in [6, 6.07) is 15.1. The maximum absolute atomic E-state index is 13.1. The van der Waals surface area contributed by atoms with Crippen molar-refractivity contribution >= 4 is 28.6 Å². The number of thioether (sulfide) groups is 1. The third kappa shape index (κ3) is 4.93. The maximum Gasteiger partial charge on any atom is 0.262 e. The maximum atomic E-state index is 13.1. The van der Waals surface area contributed by atoms with E-state index < -0.39 is 0 Å². The number of benzene rings is 2. The third-order valence-electron chi connectivity index (χ3n) is 5.38. The Bertz CT molecular complexity index is 1140. The number of carbonyl (C=O) groups excluding carboxylic acids is 1. The summed E-state index contributed by atoms with van der Waals surface area (Å²) in [6.45, 7) is 5.43. The number of para-hydroxylation sites is 2.